The van der Waals surface area contributed by atoms with E-state index in [-0.39, 0.29) is 0 Å². The second-order valence-corrected chi connectivity index (χ2v) is 3.35. The lowest BCUT2D eigenvalue weighted by molar-refractivity contribution is 0.354. The third-order valence-corrected chi connectivity index (χ3v) is 1.95. The average molecular weight is 180 g/mol. The molecule has 1 aliphatic rings. The van der Waals surface area contributed by atoms with Crippen LogP contribution in [0, 0.1) is 0 Å². The summed E-state index contributed by atoms with van der Waals surface area (Å²) < 4.78 is 5.10. The van der Waals surface area contributed by atoms with E-state index in [1.54, 1.807) is 7.11 Å². The molecule has 0 fully saturated rings. The highest BCUT2D eigenvalue weighted by Gasteiger charge is 2.16. The summed E-state index contributed by atoms with van der Waals surface area (Å²) in [6.07, 6.45) is 2.01. The fourth-order valence-electron chi connectivity index (χ4n) is 1.26. The number of rotatable bonds is 1. The zero-order valence-corrected chi connectivity index (χ0v) is 8.66. The SMILES string of the molecule is C=C1N=C(OC)C(C)=CN1C(C)C. The molecule has 0 radical (unpaired) electrons. The third kappa shape index (κ3) is 1.91. The Bertz CT molecular complexity index is 277. The molecule has 0 aromatic rings. The molecule has 0 atom stereocenters. The van der Waals surface area contributed by atoms with Crippen molar-refractivity contribution in [3.63, 3.8) is 0 Å². The van der Waals surface area contributed by atoms with E-state index in [1.807, 2.05) is 18.0 Å². The van der Waals surface area contributed by atoms with Gasteiger partial charge >= 0.3 is 0 Å². The fraction of sp³-hybridized carbons (Fsp3) is 0.500. The third-order valence-electron chi connectivity index (χ3n) is 1.95. The minimum atomic E-state index is 0.379. The minimum absolute atomic E-state index is 0.379. The molecule has 72 valence electrons. The molecule has 3 nitrogen and oxygen atoms in total. The topological polar surface area (TPSA) is 24.8 Å². The lowest BCUT2D eigenvalue weighted by atomic mass is 10.2. The summed E-state index contributed by atoms with van der Waals surface area (Å²) in [5, 5.41) is 0. The molecule has 0 aromatic carbocycles. The number of nitrogens with zero attached hydrogens (tertiary/aromatic N) is 2. The molecule has 1 aliphatic heterocycles. The van der Waals surface area contributed by atoms with E-state index in [9.17, 15) is 0 Å². The van der Waals surface area contributed by atoms with Crippen LogP contribution in [0.5, 0.6) is 0 Å². The highest BCUT2D eigenvalue weighted by molar-refractivity contribution is 5.94. The second kappa shape index (κ2) is 3.64. The predicted octanol–water partition coefficient (Wildman–Crippen LogP) is 2.13. The van der Waals surface area contributed by atoms with Crippen LogP contribution in [-0.4, -0.2) is 23.9 Å². The molecule has 3 heteroatoms. The van der Waals surface area contributed by atoms with Crippen LogP contribution in [0.1, 0.15) is 20.8 Å². The lowest BCUT2D eigenvalue weighted by Crippen LogP contribution is -2.28. The van der Waals surface area contributed by atoms with Gasteiger partial charge in [-0.05, 0) is 20.8 Å². The maximum absolute atomic E-state index is 5.10. The van der Waals surface area contributed by atoms with Crippen molar-refractivity contribution < 1.29 is 4.74 Å². The first kappa shape index (κ1) is 9.84. The van der Waals surface area contributed by atoms with E-state index >= 15 is 0 Å². The quantitative estimate of drug-likeness (QED) is 0.617. The van der Waals surface area contributed by atoms with Gasteiger partial charge in [0.2, 0.25) is 5.90 Å². The number of ether oxygens (including phenoxy) is 1. The van der Waals surface area contributed by atoms with Crippen molar-refractivity contribution in [2.24, 2.45) is 4.99 Å². The Morgan fingerprint density at radius 1 is 1.54 bits per heavy atom. The van der Waals surface area contributed by atoms with Crippen LogP contribution >= 0.6 is 0 Å². The monoisotopic (exact) mass is 180 g/mol. The molecule has 0 bridgehead atoms. The van der Waals surface area contributed by atoms with Crippen LogP contribution in [0.2, 0.25) is 0 Å². The molecule has 0 aromatic heterocycles. The normalized spacial score (nSPS) is 17.3. The first-order valence-corrected chi connectivity index (χ1v) is 4.35. The molecule has 1 heterocycles. The molecule has 0 amide bonds. The van der Waals surface area contributed by atoms with Gasteiger partial charge in [-0.3, -0.25) is 0 Å². The Balaban J connectivity index is 2.91. The Hall–Kier alpha value is -1.25. The highest BCUT2D eigenvalue weighted by atomic mass is 16.5. The van der Waals surface area contributed by atoms with Crippen LogP contribution < -0.4 is 0 Å². The van der Waals surface area contributed by atoms with Crippen molar-refractivity contribution >= 4 is 5.90 Å². The maximum atomic E-state index is 5.10. The molecule has 0 saturated heterocycles. The number of hydrogen-bond acceptors (Lipinski definition) is 3. The van der Waals surface area contributed by atoms with Crippen LogP contribution in [0.4, 0.5) is 0 Å². The van der Waals surface area contributed by atoms with Crippen molar-refractivity contribution in [3.05, 3.63) is 24.2 Å². The van der Waals surface area contributed by atoms with E-state index in [0.29, 0.717) is 11.9 Å². The molecule has 13 heavy (non-hydrogen) atoms. The summed E-state index contributed by atoms with van der Waals surface area (Å²) in [6, 6.07) is 0.379. The number of aliphatic imine (C=N–C) groups is 1. The van der Waals surface area contributed by atoms with E-state index in [4.69, 9.17) is 4.74 Å². The Kier molecular flexibility index (Phi) is 2.76. The summed E-state index contributed by atoms with van der Waals surface area (Å²) >= 11 is 0. The standard InChI is InChI=1S/C10H16N2O/c1-7(2)12-6-8(3)10(13-5)11-9(12)4/h6-7H,4H2,1-3,5H3. The van der Waals surface area contributed by atoms with Gasteiger partial charge in [-0.2, -0.15) is 4.99 Å². The summed E-state index contributed by atoms with van der Waals surface area (Å²) in [6.45, 7) is 10.0. The van der Waals surface area contributed by atoms with E-state index in [2.05, 4.69) is 25.4 Å². The fourth-order valence-corrected chi connectivity index (χ4v) is 1.26. The molecule has 0 aliphatic carbocycles. The summed E-state index contributed by atoms with van der Waals surface area (Å²) in [5.74, 6) is 1.39. The first-order valence-electron chi connectivity index (χ1n) is 4.35. The highest BCUT2D eigenvalue weighted by Crippen LogP contribution is 2.18. The summed E-state index contributed by atoms with van der Waals surface area (Å²) in [5.41, 5.74) is 1.03. The molecule has 1 rings (SSSR count). The van der Waals surface area contributed by atoms with Crippen LogP contribution in [0.25, 0.3) is 0 Å². The van der Waals surface area contributed by atoms with E-state index in [1.165, 1.54) is 0 Å². The Labute approximate surface area is 79.4 Å². The Morgan fingerprint density at radius 3 is 2.62 bits per heavy atom. The van der Waals surface area contributed by atoms with Crippen molar-refractivity contribution in [1.82, 2.24) is 4.90 Å². The number of methoxy groups -OCH3 is 1. The molecular formula is C10H16N2O. The van der Waals surface area contributed by atoms with Crippen molar-refractivity contribution in [3.8, 4) is 0 Å². The van der Waals surface area contributed by atoms with Crippen molar-refractivity contribution in [2.75, 3.05) is 7.11 Å². The van der Waals surface area contributed by atoms with Crippen LogP contribution in [0.3, 0.4) is 0 Å². The molecule has 0 spiro atoms. The molecule has 0 saturated carbocycles. The van der Waals surface area contributed by atoms with Gasteiger partial charge in [-0.25, -0.2) is 0 Å². The van der Waals surface area contributed by atoms with Gasteiger partial charge in [0.15, 0.2) is 0 Å². The maximum Gasteiger partial charge on any atom is 0.219 e. The van der Waals surface area contributed by atoms with Crippen LogP contribution in [0.15, 0.2) is 29.2 Å². The molecule has 0 unspecified atom stereocenters. The predicted molar refractivity (Wildman–Crippen MR) is 54.3 cm³/mol. The largest absolute Gasteiger partial charge is 0.481 e. The summed E-state index contributed by atoms with van der Waals surface area (Å²) in [7, 11) is 1.62. The summed E-state index contributed by atoms with van der Waals surface area (Å²) in [4.78, 5) is 6.27. The van der Waals surface area contributed by atoms with Gasteiger partial charge in [0.25, 0.3) is 0 Å². The smallest absolute Gasteiger partial charge is 0.219 e. The van der Waals surface area contributed by atoms with Crippen molar-refractivity contribution in [1.29, 1.82) is 0 Å². The van der Waals surface area contributed by atoms with Gasteiger partial charge in [-0.15, -0.1) is 0 Å². The van der Waals surface area contributed by atoms with Gasteiger partial charge in [-0.1, -0.05) is 6.58 Å². The van der Waals surface area contributed by atoms with E-state index < -0.39 is 0 Å². The number of hydrogen-bond donors (Lipinski definition) is 0. The first-order chi connectivity index (χ1) is 6.06. The van der Waals surface area contributed by atoms with Gasteiger partial charge < -0.3 is 9.64 Å². The molecule has 0 N–H and O–H groups in total. The zero-order valence-electron chi connectivity index (χ0n) is 8.66. The van der Waals surface area contributed by atoms with Crippen molar-refractivity contribution in [2.45, 2.75) is 26.8 Å². The second-order valence-electron chi connectivity index (χ2n) is 3.35. The van der Waals surface area contributed by atoms with E-state index in [0.717, 1.165) is 11.4 Å². The molecular weight excluding hydrogens is 164 g/mol. The average Bonchev–Trinajstić information content (AvgIpc) is 2.07. The van der Waals surface area contributed by atoms with Crippen LogP contribution in [-0.2, 0) is 4.74 Å². The van der Waals surface area contributed by atoms with Gasteiger partial charge in [0.05, 0.1) is 7.11 Å². The van der Waals surface area contributed by atoms with Gasteiger partial charge in [0, 0.05) is 17.8 Å². The zero-order chi connectivity index (χ0) is 10.0. The lowest BCUT2D eigenvalue weighted by Gasteiger charge is -2.28. The Morgan fingerprint density at radius 2 is 2.15 bits per heavy atom. The van der Waals surface area contributed by atoms with Gasteiger partial charge in [0.1, 0.15) is 5.82 Å². The minimum Gasteiger partial charge on any atom is -0.481 e.